The van der Waals surface area contributed by atoms with Gasteiger partial charge in [0.2, 0.25) is 0 Å². The second kappa shape index (κ2) is 20.6. The Kier molecular flexibility index (Phi) is 16.3. The summed E-state index contributed by atoms with van der Waals surface area (Å²) in [6.45, 7) is 16.9. The third kappa shape index (κ3) is 11.1. The van der Waals surface area contributed by atoms with Crippen molar-refractivity contribution < 1.29 is 28.5 Å². The molecule has 0 heterocycles. The van der Waals surface area contributed by atoms with E-state index in [1.807, 2.05) is 0 Å². The van der Waals surface area contributed by atoms with Gasteiger partial charge in [-0.05, 0) is 135 Å². The second-order valence-electron chi connectivity index (χ2n) is 17.9. The number of hydrogen-bond acceptors (Lipinski definition) is 7. The Morgan fingerprint density at radius 3 is 2.24 bits per heavy atom. The summed E-state index contributed by atoms with van der Waals surface area (Å²) in [6, 6.07) is 6.95. The van der Waals surface area contributed by atoms with E-state index in [1.165, 1.54) is 56.9 Å². The maximum Gasteiger partial charge on any atom is 0.411 e. The number of amides is 2. The second-order valence-corrected chi connectivity index (χ2v) is 17.9. The van der Waals surface area contributed by atoms with E-state index in [4.69, 9.17) is 24.7 Å². The zero-order valence-electron chi connectivity index (χ0n) is 34.3. The van der Waals surface area contributed by atoms with Crippen LogP contribution in [0.3, 0.4) is 0 Å². The fraction of sp³-hybridized carbons (Fsp3) is 0.778. The molecule has 3 fully saturated rings. The Bertz CT molecular complexity index is 1350. The Hall–Kier alpha value is -2.46. The number of benzene rings is 1. The SMILES string of the molecule is CC(C)CCC[C@@H](C)[C@H]1CC[C@H]2[C@@H]3CC=C4C[C@@H](OC(=O)Nc5ccc(C(=O)NCCCOCCOCCOCCCN)cc5)CC[C@]4(C)[C@H]3CC[C@]12C. The number of anilines is 1. The van der Waals surface area contributed by atoms with E-state index in [-0.39, 0.29) is 17.4 Å². The van der Waals surface area contributed by atoms with Crippen molar-refractivity contribution in [3.05, 3.63) is 41.5 Å². The highest BCUT2D eigenvalue weighted by molar-refractivity contribution is 5.95. The number of allylic oxidation sites excluding steroid dienone is 1. The van der Waals surface area contributed by atoms with Crippen molar-refractivity contribution >= 4 is 17.7 Å². The first-order valence-corrected chi connectivity index (χ1v) is 21.5. The highest BCUT2D eigenvalue weighted by atomic mass is 16.6. The van der Waals surface area contributed by atoms with Gasteiger partial charge in [0.15, 0.2) is 0 Å². The zero-order chi connectivity index (χ0) is 38.6. The average Bonchev–Trinajstić information content (AvgIpc) is 3.51. The molecule has 0 bridgehead atoms. The first-order valence-electron chi connectivity index (χ1n) is 21.5. The van der Waals surface area contributed by atoms with E-state index in [9.17, 15) is 9.59 Å². The van der Waals surface area contributed by atoms with Crippen LogP contribution in [0.5, 0.6) is 0 Å². The Balaban J connectivity index is 0.999. The van der Waals surface area contributed by atoms with Crippen LogP contribution in [0.2, 0.25) is 0 Å². The van der Waals surface area contributed by atoms with Crippen LogP contribution < -0.4 is 16.4 Å². The fourth-order valence-corrected chi connectivity index (χ4v) is 11.0. The molecular weight excluding hydrogens is 679 g/mol. The average molecular weight is 752 g/mol. The number of hydrogen-bond donors (Lipinski definition) is 3. The monoisotopic (exact) mass is 752 g/mol. The van der Waals surface area contributed by atoms with Crippen molar-refractivity contribution in [2.75, 3.05) is 58.0 Å². The van der Waals surface area contributed by atoms with Crippen molar-refractivity contribution in [1.82, 2.24) is 5.32 Å². The van der Waals surface area contributed by atoms with Crippen molar-refractivity contribution in [2.45, 2.75) is 124 Å². The lowest BCUT2D eigenvalue weighted by Gasteiger charge is -2.58. The molecule has 4 N–H and O–H groups in total. The van der Waals surface area contributed by atoms with Crippen LogP contribution in [0.4, 0.5) is 10.5 Å². The lowest BCUT2D eigenvalue weighted by molar-refractivity contribution is -0.0577. The van der Waals surface area contributed by atoms with E-state index in [0.717, 1.165) is 61.2 Å². The lowest BCUT2D eigenvalue weighted by Crippen LogP contribution is -2.51. The molecule has 0 saturated heterocycles. The van der Waals surface area contributed by atoms with Gasteiger partial charge >= 0.3 is 6.09 Å². The van der Waals surface area contributed by atoms with Gasteiger partial charge in [-0.25, -0.2) is 4.79 Å². The molecule has 8 atom stereocenters. The quantitative estimate of drug-likeness (QED) is 0.0846. The molecule has 4 aliphatic carbocycles. The number of ether oxygens (including phenoxy) is 4. The van der Waals surface area contributed by atoms with Crippen LogP contribution in [0, 0.1) is 46.3 Å². The summed E-state index contributed by atoms with van der Waals surface area (Å²) in [7, 11) is 0. The van der Waals surface area contributed by atoms with E-state index in [2.05, 4.69) is 51.3 Å². The number of carbonyl (C=O) groups excluding carboxylic acids is 2. The minimum absolute atomic E-state index is 0.106. The first-order chi connectivity index (χ1) is 26.0. The number of carbonyl (C=O) groups is 2. The molecule has 5 rings (SSSR count). The largest absolute Gasteiger partial charge is 0.446 e. The molecule has 0 radical (unpaired) electrons. The highest BCUT2D eigenvalue weighted by Gasteiger charge is 2.59. The van der Waals surface area contributed by atoms with Gasteiger partial charge in [-0.15, -0.1) is 0 Å². The van der Waals surface area contributed by atoms with Crippen LogP contribution >= 0.6 is 0 Å². The molecule has 0 aliphatic heterocycles. The van der Waals surface area contributed by atoms with E-state index < -0.39 is 6.09 Å². The third-order valence-corrected chi connectivity index (χ3v) is 13.9. The summed E-state index contributed by atoms with van der Waals surface area (Å²) in [5, 5.41) is 5.82. The van der Waals surface area contributed by atoms with E-state index in [0.29, 0.717) is 75.8 Å². The molecular formula is C45H73N3O6. The van der Waals surface area contributed by atoms with Gasteiger partial charge in [-0.3, -0.25) is 10.1 Å². The normalized spacial score (nSPS) is 29.5. The fourth-order valence-electron chi connectivity index (χ4n) is 11.0. The number of rotatable bonds is 21. The molecule has 4 aliphatic rings. The van der Waals surface area contributed by atoms with Crippen molar-refractivity contribution in [2.24, 2.45) is 52.1 Å². The number of fused-ring (bicyclic) bond motifs is 5. The molecule has 1 aromatic rings. The van der Waals surface area contributed by atoms with Crippen LogP contribution in [0.15, 0.2) is 35.9 Å². The predicted octanol–water partition coefficient (Wildman–Crippen LogP) is 9.16. The van der Waals surface area contributed by atoms with E-state index >= 15 is 0 Å². The molecule has 0 aromatic heterocycles. The molecule has 0 unspecified atom stereocenters. The molecule has 0 spiro atoms. The highest BCUT2D eigenvalue weighted by Crippen LogP contribution is 2.67. The van der Waals surface area contributed by atoms with Crippen molar-refractivity contribution in [1.29, 1.82) is 0 Å². The molecule has 9 heteroatoms. The number of nitrogens with one attached hydrogen (secondary N) is 2. The summed E-state index contributed by atoms with van der Waals surface area (Å²) < 4.78 is 22.4. The molecule has 54 heavy (non-hydrogen) atoms. The van der Waals surface area contributed by atoms with Crippen LogP contribution in [-0.4, -0.2) is 70.8 Å². The molecule has 3 saturated carbocycles. The van der Waals surface area contributed by atoms with Gasteiger partial charge < -0.3 is 30.0 Å². The van der Waals surface area contributed by atoms with Crippen molar-refractivity contribution in [3.63, 3.8) is 0 Å². The summed E-state index contributed by atoms with van der Waals surface area (Å²) >= 11 is 0. The van der Waals surface area contributed by atoms with Gasteiger partial charge in [0.25, 0.3) is 5.91 Å². The predicted molar refractivity (Wildman–Crippen MR) is 216 cm³/mol. The summed E-state index contributed by atoms with van der Waals surface area (Å²) in [6.07, 6.45) is 17.3. The van der Waals surface area contributed by atoms with Gasteiger partial charge in [0.1, 0.15) is 6.10 Å². The molecule has 1 aromatic carbocycles. The topological polar surface area (TPSA) is 121 Å². The number of nitrogens with two attached hydrogens (primary N) is 1. The Morgan fingerprint density at radius 1 is 0.833 bits per heavy atom. The van der Waals surface area contributed by atoms with Crippen molar-refractivity contribution in [3.8, 4) is 0 Å². The molecule has 2 amide bonds. The summed E-state index contributed by atoms with van der Waals surface area (Å²) in [4.78, 5) is 25.6. The van der Waals surface area contributed by atoms with Gasteiger partial charge in [-0.2, -0.15) is 0 Å². The van der Waals surface area contributed by atoms with Crippen LogP contribution in [-0.2, 0) is 18.9 Å². The van der Waals surface area contributed by atoms with Gasteiger partial charge in [-0.1, -0.05) is 65.5 Å². The van der Waals surface area contributed by atoms with Gasteiger partial charge in [0, 0.05) is 37.4 Å². The third-order valence-electron chi connectivity index (χ3n) is 13.9. The van der Waals surface area contributed by atoms with Crippen LogP contribution in [0.1, 0.15) is 128 Å². The standard InChI is InChI=1S/C45H73N3O6/c1-32(2)9-6-10-33(3)39-17-18-40-38-16-13-35-31-37(19-21-44(35,4)41(38)20-22-45(39,40)5)54-43(50)48-36-14-11-34(12-15-36)42(49)47-24-8-26-52-28-30-53-29-27-51-25-7-23-46/h11-15,32-33,37-41H,6-10,16-31,46H2,1-5H3,(H,47,49)(H,48,50)/t33-,37+,38+,39-,40+,41+,44+,45-/m1/s1. The summed E-state index contributed by atoms with van der Waals surface area (Å²) in [5.74, 6) is 4.75. The Morgan fingerprint density at radius 2 is 1.54 bits per heavy atom. The van der Waals surface area contributed by atoms with E-state index in [1.54, 1.807) is 24.3 Å². The minimum atomic E-state index is -0.427. The minimum Gasteiger partial charge on any atom is -0.446 e. The summed E-state index contributed by atoms with van der Waals surface area (Å²) in [5.41, 5.74) is 8.83. The first kappa shape index (κ1) is 42.7. The Labute approximate surface area is 326 Å². The zero-order valence-corrected chi connectivity index (χ0v) is 34.3. The lowest BCUT2D eigenvalue weighted by atomic mass is 9.47. The van der Waals surface area contributed by atoms with Crippen LogP contribution in [0.25, 0.3) is 0 Å². The molecule has 304 valence electrons. The maximum absolute atomic E-state index is 13.0. The maximum atomic E-state index is 13.0. The van der Waals surface area contributed by atoms with Gasteiger partial charge in [0.05, 0.1) is 26.4 Å². The molecule has 9 nitrogen and oxygen atoms in total. The smallest absolute Gasteiger partial charge is 0.411 e.